The monoisotopic (exact) mass is 488 g/mol. The van der Waals surface area contributed by atoms with Crippen LogP contribution in [0.15, 0.2) is 29.4 Å². The van der Waals surface area contributed by atoms with E-state index in [2.05, 4.69) is 65.0 Å². The van der Waals surface area contributed by atoms with Gasteiger partial charge in [0.1, 0.15) is 5.82 Å². The van der Waals surface area contributed by atoms with E-state index >= 15 is 0 Å². The van der Waals surface area contributed by atoms with Gasteiger partial charge >= 0.3 is 0 Å². The zero-order valence-corrected chi connectivity index (χ0v) is 19.7. The molecular formula is C20H37IN6. The molecule has 0 atom stereocenters. The Hall–Kier alpha value is -1.09. The summed E-state index contributed by atoms with van der Waals surface area (Å²) < 4.78 is 0. The van der Waals surface area contributed by atoms with Crippen LogP contribution in [0.2, 0.25) is 0 Å². The smallest absolute Gasteiger partial charge is 0.194 e. The second-order valence-electron chi connectivity index (χ2n) is 7.18. The molecule has 1 N–H and O–H groups in total. The third-order valence-electron chi connectivity index (χ3n) is 4.95. The Kier molecular flexibility index (Phi) is 11.7. The number of nitrogens with zero attached hydrogens (tertiary/aromatic N) is 5. The highest BCUT2D eigenvalue weighted by molar-refractivity contribution is 14.0. The molecule has 154 valence electrons. The van der Waals surface area contributed by atoms with Gasteiger partial charge in [-0.05, 0) is 59.3 Å². The van der Waals surface area contributed by atoms with E-state index < -0.39 is 0 Å². The van der Waals surface area contributed by atoms with Crippen LogP contribution in [0, 0.1) is 0 Å². The standard InChI is InChI=1S/C20H36N6.HI/c1-5-21-20(23-12-8-9-13-24(4)18(2)3)26-16-14-25(15-17-26)19-10-6-7-11-22-19;/h6-7,10-11,18H,5,8-9,12-17H2,1-4H3,(H,21,23);1H. The largest absolute Gasteiger partial charge is 0.357 e. The lowest BCUT2D eigenvalue weighted by molar-refractivity contribution is 0.269. The van der Waals surface area contributed by atoms with Gasteiger partial charge in [0.2, 0.25) is 0 Å². The molecule has 1 aromatic rings. The lowest BCUT2D eigenvalue weighted by atomic mass is 10.2. The highest BCUT2D eigenvalue weighted by Crippen LogP contribution is 2.12. The first-order chi connectivity index (χ1) is 12.6. The van der Waals surface area contributed by atoms with E-state index in [1.807, 2.05) is 12.3 Å². The van der Waals surface area contributed by atoms with Crippen molar-refractivity contribution in [3.05, 3.63) is 24.4 Å². The molecule has 0 aliphatic carbocycles. The maximum Gasteiger partial charge on any atom is 0.194 e. The number of hydrogen-bond acceptors (Lipinski definition) is 4. The summed E-state index contributed by atoms with van der Waals surface area (Å²) >= 11 is 0. The molecule has 0 radical (unpaired) electrons. The molecule has 1 saturated heterocycles. The van der Waals surface area contributed by atoms with Gasteiger partial charge in [0.15, 0.2) is 5.96 Å². The lowest BCUT2D eigenvalue weighted by Gasteiger charge is -2.37. The number of aromatic nitrogens is 1. The molecule has 1 fully saturated rings. The number of unbranched alkanes of at least 4 members (excludes halogenated alkanes) is 1. The van der Waals surface area contributed by atoms with Crippen LogP contribution in [0.5, 0.6) is 0 Å². The van der Waals surface area contributed by atoms with Crippen LogP contribution in [0.1, 0.15) is 33.6 Å². The molecule has 2 rings (SSSR count). The van der Waals surface area contributed by atoms with Crippen LogP contribution in [-0.2, 0) is 0 Å². The van der Waals surface area contributed by atoms with Crippen LogP contribution in [0.25, 0.3) is 0 Å². The summed E-state index contributed by atoms with van der Waals surface area (Å²) in [6.45, 7) is 13.5. The molecule has 0 amide bonds. The molecule has 0 unspecified atom stereocenters. The first kappa shape index (κ1) is 23.9. The molecule has 1 aliphatic rings. The number of rotatable bonds is 8. The Balaban J connectivity index is 0.00000364. The molecule has 1 aromatic heterocycles. The van der Waals surface area contributed by atoms with E-state index in [0.29, 0.717) is 6.04 Å². The van der Waals surface area contributed by atoms with Gasteiger partial charge in [0.25, 0.3) is 0 Å². The van der Waals surface area contributed by atoms with Crippen molar-refractivity contribution in [1.82, 2.24) is 20.1 Å². The highest BCUT2D eigenvalue weighted by atomic mass is 127. The van der Waals surface area contributed by atoms with Crippen molar-refractivity contribution in [2.75, 3.05) is 57.8 Å². The molecule has 1 aliphatic heterocycles. The fourth-order valence-corrected chi connectivity index (χ4v) is 3.03. The summed E-state index contributed by atoms with van der Waals surface area (Å²) in [5.74, 6) is 2.13. The van der Waals surface area contributed by atoms with Crippen LogP contribution in [0.4, 0.5) is 5.82 Å². The minimum atomic E-state index is 0. The number of nitrogens with one attached hydrogen (secondary N) is 1. The summed E-state index contributed by atoms with van der Waals surface area (Å²) in [5.41, 5.74) is 0. The summed E-state index contributed by atoms with van der Waals surface area (Å²) in [5, 5.41) is 3.46. The number of anilines is 1. The molecule has 27 heavy (non-hydrogen) atoms. The van der Waals surface area contributed by atoms with Crippen molar-refractivity contribution in [2.45, 2.75) is 39.7 Å². The second-order valence-corrected chi connectivity index (χ2v) is 7.18. The minimum Gasteiger partial charge on any atom is -0.357 e. The summed E-state index contributed by atoms with van der Waals surface area (Å²) in [7, 11) is 2.19. The van der Waals surface area contributed by atoms with E-state index in [-0.39, 0.29) is 24.0 Å². The number of hydrogen-bond donors (Lipinski definition) is 1. The second kappa shape index (κ2) is 13.1. The predicted molar refractivity (Wildman–Crippen MR) is 126 cm³/mol. The van der Waals surface area contributed by atoms with Crippen molar-refractivity contribution >= 4 is 35.8 Å². The molecule has 7 heteroatoms. The molecule has 0 spiro atoms. The van der Waals surface area contributed by atoms with Gasteiger partial charge in [0, 0.05) is 51.5 Å². The zero-order valence-electron chi connectivity index (χ0n) is 17.4. The average Bonchev–Trinajstić information content (AvgIpc) is 2.67. The van der Waals surface area contributed by atoms with E-state index in [1.165, 1.54) is 6.42 Å². The van der Waals surface area contributed by atoms with Crippen molar-refractivity contribution in [3.63, 3.8) is 0 Å². The maximum atomic E-state index is 4.86. The number of pyridine rings is 1. The minimum absolute atomic E-state index is 0. The molecule has 0 bridgehead atoms. The van der Waals surface area contributed by atoms with Gasteiger partial charge in [0.05, 0.1) is 0 Å². The number of piperazine rings is 1. The summed E-state index contributed by atoms with van der Waals surface area (Å²) in [4.78, 5) is 16.4. The van der Waals surface area contributed by atoms with E-state index in [0.717, 1.165) is 64.0 Å². The van der Waals surface area contributed by atoms with Crippen molar-refractivity contribution in [1.29, 1.82) is 0 Å². The Bertz CT molecular complexity index is 529. The molecular weight excluding hydrogens is 451 g/mol. The van der Waals surface area contributed by atoms with Crippen LogP contribution in [0.3, 0.4) is 0 Å². The first-order valence-electron chi connectivity index (χ1n) is 10.0. The van der Waals surface area contributed by atoms with E-state index in [1.54, 1.807) is 0 Å². The van der Waals surface area contributed by atoms with Crippen LogP contribution < -0.4 is 10.2 Å². The third kappa shape index (κ3) is 8.21. The van der Waals surface area contributed by atoms with Gasteiger partial charge in [-0.2, -0.15) is 0 Å². The highest BCUT2D eigenvalue weighted by Gasteiger charge is 2.20. The Morgan fingerprint density at radius 2 is 1.96 bits per heavy atom. The predicted octanol–water partition coefficient (Wildman–Crippen LogP) is 2.91. The molecule has 0 saturated carbocycles. The molecule has 2 heterocycles. The van der Waals surface area contributed by atoms with E-state index in [4.69, 9.17) is 4.99 Å². The number of guanidine groups is 1. The first-order valence-corrected chi connectivity index (χ1v) is 10.0. The maximum absolute atomic E-state index is 4.86. The van der Waals surface area contributed by atoms with Crippen molar-refractivity contribution < 1.29 is 0 Å². The Labute approximate surface area is 182 Å². The summed E-state index contributed by atoms with van der Waals surface area (Å²) in [6, 6.07) is 6.72. The van der Waals surface area contributed by atoms with Gasteiger partial charge in [-0.25, -0.2) is 4.98 Å². The van der Waals surface area contributed by atoms with Gasteiger partial charge in [-0.15, -0.1) is 24.0 Å². The van der Waals surface area contributed by atoms with Gasteiger partial charge in [-0.1, -0.05) is 6.07 Å². The summed E-state index contributed by atoms with van der Waals surface area (Å²) in [6.07, 6.45) is 4.20. The van der Waals surface area contributed by atoms with Crippen molar-refractivity contribution in [3.8, 4) is 0 Å². The fraction of sp³-hybridized carbons (Fsp3) is 0.700. The third-order valence-corrected chi connectivity index (χ3v) is 4.95. The topological polar surface area (TPSA) is 47.0 Å². The normalized spacial score (nSPS) is 15.3. The fourth-order valence-electron chi connectivity index (χ4n) is 3.03. The lowest BCUT2D eigenvalue weighted by Crippen LogP contribution is -2.52. The van der Waals surface area contributed by atoms with Crippen molar-refractivity contribution in [2.24, 2.45) is 4.99 Å². The Morgan fingerprint density at radius 1 is 1.22 bits per heavy atom. The van der Waals surface area contributed by atoms with Crippen LogP contribution >= 0.6 is 24.0 Å². The van der Waals surface area contributed by atoms with E-state index in [9.17, 15) is 0 Å². The average molecular weight is 488 g/mol. The molecule has 6 nitrogen and oxygen atoms in total. The number of aliphatic imine (C=N–C) groups is 1. The number of halogens is 1. The zero-order chi connectivity index (χ0) is 18.8. The van der Waals surface area contributed by atoms with Crippen LogP contribution in [-0.4, -0.2) is 79.6 Å². The molecule has 0 aromatic carbocycles. The van der Waals surface area contributed by atoms with Gasteiger partial charge in [-0.3, -0.25) is 4.99 Å². The quantitative estimate of drug-likeness (QED) is 0.264. The van der Waals surface area contributed by atoms with Gasteiger partial charge < -0.3 is 20.0 Å². The Morgan fingerprint density at radius 3 is 2.56 bits per heavy atom. The SMILES string of the molecule is CCNC(=NCCCCN(C)C(C)C)N1CCN(c2ccccn2)CC1.I.